The number of nitrogens with one attached hydrogen (secondary N) is 1. The fourth-order valence-corrected chi connectivity index (χ4v) is 3.78. The third-order valence-corrected chi connectivity index (χ3v) is 5.70. The van der Waals surface area contributed by atoms with E-state index in [1.165, 1.54) is 6.33 Å². The molecular weight excluding hydrogens is 444 g/mol. The molecule has 0 radical (unpaired) electrons. The van der Waals surface area contributed by atoms with E-state index in [1.54, 1.807) is 13.8 Å². The van der Waals surface area contributed by atoms with Crippen molar-refractivity contribution in [1.29, 1.82) is 0 Å². The minimum atomic E-state index is -0.992. The molecule has 8 nitrogen and oxygen atoms in total. The average molecular weight is 477 g/mol. The van der Waals surface area contributed by atoms with E-state index in [0.717, 1.165) is 30.7 Å². The van der Waals surface area contributed by atoms with E-state index < -0.39 is 5.60 Å². The molecule has 3 rings (SSSR count). The second-order valence-corrected chi connectivity index (χ2v) is 9.35. The maximum Gasteiger partial charge on any atom is 0.238 e. The average Bonchev–Trinajstić information content (AvgIpc) is 3.24. The van der Waals surface area contributed by atoms with Gasteiger partial charge in [0.15, 0.2) is 5.82 Å². The number of ether oxygens (including phenoxy) is 2. The molecule has 180 valence electrons. The molecule has 1 unspecified atom stereocenters. The fraction of sp³-hybridized carbons (Fsp3) is 0.542. The van der Waals surface area contributed by atoms with Gasteiger partial charge in [-0.1, -0.05) is 30.7 Å². The van der Waals surface area contributed by atoms with Crippen molar-refractivity contribution < 1.29 is 19.4 Å². The number of hydrogen-bond acceptors (Lipinski definition) is 7. The molecule has 1 fully saturated rings. The van der Waals surface area contributed by atoms with E-state index in [-0.39, 0.29) is 30.4 Å². The molecule has 2 heterocycles. The van der Waals surface area contributed by atoms with Crippen molar-refractivity contribution in [2.45, 2.75) is 58.2 Å². The normalized spacial score (nSPS) is 17.0. The lowest BCUT2D eigenvalue weighted by molar-refractivity contribution is -0.122. The zero-order chi connectivity index (χ0) is 24.0. The molecule has 2 N–H and O–H groups in total. The number of carbonyl (C=O) groups is 1. The van der Waals surface area contributed by atoms with E-state index in [1.807, 2.05) is 43.0 Å². The molecule has 0 saturated carbocycles. The van der Waals surface area contributed by atoms with Crippen LogP contribution >= 0.6 is 11.6 Å². The van der Waals surface area contributed by atoms with Crippen molar-refractivity contribution in [3.63, 3.8) is 0 Å². The standard InChI is InChI=1S/C24H33ClN4O4/c1-5-11-26-22(30)16(2)17-6-8-18(9-7-17)33-19-10-12-29(13-19)21-20(25)23(28-15-27-21)32-14-24(3,4)31/h6-9,15-16,19,31H,5,10-14H2,1-4H3,(H,26,30)/t16?,19-/m1/s1. The lowest BCUT2D eigenvalue weighted by atomic mass is 10.0. The Labute approximate surface area is 200 Å². The number of aliphatic hydroxyl groups is 1. The third-order valence-electron chi connectivity index (χ3n) is 5.37. The summed E-state index contributed by atoms with van der Waals surface area (Å²) in [5.74, 6) is 1.42. The third kappa shape index (κ3) is 6.95. The number of rotatable bonds is 10. The molecule has 0 spiro atoms. The number of hydrogen-bond donors (Lipinski definition) is 2. The lowest BCUT2D eigenvalue weighted by Crippen LogP contribution is -2.29. The Morgan fingerprint density at radius 2 is 2.06 bits per heavy atom. The van der Waals surface area contributed by atoms with Gasteiger partial charge in [-0.25, -0.2) is 9.97 Å². The first-order valence-electron chi connectivity index (χ1n) is 11.3. The molecule has 2 aromatic rings. The van der Waals surface area contributed by atoms with Crippen LogP contribution in [-0.4, -0.2) is 58.9 Å². The second kappa shape index (κ2) is 11.0. The summed E-state index contributed by atoms with van der Waals surface area (Å²) in [5, 5.41) is 13.1. The molecule has 1 aromatic heterocycles. The summed E-state index contributed by atoms with van der Waals surface area (Å²) in [6, 6.07) is 7.68. The van der Waals surface area contributed by atoms with Gasteiger partial charge in [0.05, 0.1) is 18.1 Å². The monoisotopic (exact) mass is 476 g/mol. The highest BCUT2D eigenvalue weighted by molar-refractivity contribution is 6.34. The van der Waals surface area contributed by atoms with Gasteiger partial charge in [0.25, 0.3) is 0 Å². The highest BCUT2D eigenvalue weighted by Gasteiger charge is 2.28. The molecule has 0 bridgehead atoms. The van der Waals surface area contributed by atoms with Crippen LogP contribution in [0.3, 0.4) is 0 Å². The Morgan fingerprint density at radius 1 is 1.33 bits per heavy atom. The predicted octanol–water partition coefficient (Wildman–Crippen LogP) is 3.57. The molecule has 1 aliphatic rings. The summed E-state index contributed by atoms with van der Waals surface area (Å²) in [4.78, 5) is 22.6. The number of aromatic nitrogens is 2. The largest absolute Gasteiger partial charge is 0.489 e. The van der Waals surface area contributed by atoms with Crippen molar-refractivity contribution in [1.82, 2.24) is 15.3 Å². The quantitative estimate of drug-likeness (QED) is 0.541. The van der Waals surface area contributed by atoms with Crippen LogP contribution in [0, 0.1) is 0 Å². The van der Waals surface area contributed by atoms with Crippen molar-refractivity contribution in [2.75, 3.05) is 31.1 Å². The maximum atomic E-state index is 12.2. The Hall–Kier alpha value is -2.58. The molecule has 33 heavy (non-hydrogen) atoms. The van der Waals surface area contributed by atoms with E-state index in [4.69, 9.17) is 21.1 Å². The summed E-state index contributed by atoms with van der Waals surface area (Å²) in [6.45, 7) is 9.36. The lowest BCUT2D eigenvalue weighted by Gasteiger charge is -2.21. The van der Waals surface area contributed by atoms with Gasteiger partial charge in [-0.15, -0.1) is 0 Å². The number of amides is 1. The summed E-state index contributed by atoms with van der Waals surface area (Å²) < 4.78 is 11.7. The van der Waals surface area contributed by atoms with E-state index >= 15 is 0 Å². The van der Waals surface area contributed by atoms with E-state index in [0.29, 0.717) is 23.9 Å². The molecule has 0 aliphatic carbocycles. The van der Waals surface area contributed by atoms with Crippen LogP contribution < -0.4 is 19.7 Å². The first-order chi connectivity index (χ1) is 15.7. The van der Waals surface area contributed by atoms with Crippen LogP contribution in [0.15, 0.2) is 30.6 Å². The Balaban J connectivity index is 1.58. The summed E-state index contributed by atoms with van der Waals surface area (Å²) >= 11 is 6.48. The SMILES string of the molecule is CCCNC(=O)C(C)c1ccc(O[C@@H]2CCN(c3ncnc(OCC(C)(C)O)c3Cl)C2)cc1. The second-order valence-electron chi connectivity index (χ2n) is 8.97. The first-order valence-corrected chi connectivity index (χ1v) is 11.7. The van der Waals surface area contributed by atoms with Crippen LogP contribution in [0.4, 0.5) is 5.82 Å². The zero-order valence-corrected chi connectivity index (χ0v) is 20.4. The molecule has 1 aromatic carbocycles. The van der Waals surface area contributed by atoms with Crippen molar-refractivity contribution in [3.05, 3.63) is 41.2 Å². The van der Waals surface area contributed by atoms with Gasteiger partial charge < -0.3 is 24.8 Å². The molecule has 1 aliphatic heterocycles. The smallest absolute Gasteiger partial charge is 0.238 e. The topological polar surface area (TPSA) is 96.8 Å². The van der Waals surface area contributed by atoms with Crippen molar-refractivity contribution in [2.24, 2.45) is 0 Å². The molecule has 1 saturated heterocycles. The summed E-state index contributed by atoms with van der Waals surface area (Å²) in [6.07, 6.45) is 3.12. The first kappa shape index (κ1) is 25.1. The minimum absolute atomic E-state index is 0.0205. The van der Waals surface area contributed by atoms with Crippen LogP contribution in [0.5, 0.6) is 11.6 Å². The van der Waals surface area contributed by atoms with Gasteiger partial charge in [0, 0.05) is 19.5 Å². The number of halogens is 1. The van der Waals surface area contributed by atoms with Crippen LogP contribution in [0.1, 0.15) is 52.0 Å². The number of carbonyl (C=O) groups excluding carboxylic acids is 1. The van der Waals surface area contributed by atoms with Gasteiger partial charge >= 0.3 is 0 Å². The molecule has 9 heteroatoms. The molecule has 2 atom stereocenters. The maximum absolute atomic E-state index is 12.2. The van der Waals surface area contributed by atoms with Crippen LogP contribution in [0.25, 0.3) is 0 Å². The number of benzene rings is 1. The van der Waals surface area contributed by atoms with Gasteiger partial charge in [-0.3, -0.25) is 4.79 Å². The van der Waals surface area contributed by atoms with Gasteiger partial charge in [0.1, 0.15) is 29.8 Å². The molecule has 1 amide bonds. The number of anilines is 1. The Morgan fingerprint density at radius 3 is 2.73 bits per heavy atom. The van der Waals surface area contributed by atoms with Crippen molar-refractivity contribution in [3.8, 4) is 11.6 Å². The number of nitrogens with zero attached hydrogens (tertiary/aromatic N) is 3. The summed E-state index contributed by atoms with van der Waals surface area (Å²) in [7, 11) is 0. The fourth-order valence-electron chi connectivity index (χ4n) is 3.51. The van der Waals surface area contributed by atoms with Gasteiger partial charge in [0.2, 0.25) is 11.8 Å². The van der Waals surface area contributed by atoms with Gasteiger partial charge in [-0.2, -0.15) is 0 Å². The Kier molecular flexibility index (Phi) is 8.37. The van der Waals surface area contributed by atoms with Crippen LogP contribution in [-0.2, 0) is 4.79 Å². The van der Waals surface area contributed by atoms with E-state index in [2.05, 4.69) is 15.3 Å². The molecular formula is C24H33ClN4O4. The summed E-state index contributed by atoms with van der Waals surface area (Å²) in [5.41, 5.74) is -0.0384. The van der Waals surface area contributed by atoms with Crippen molar-refractivity contribution >= 4 is 23.3 Å². The highest BCUT2D eigenvalue weighted by Crippen LogP contribution is 2.33. The minimum Gasteiger partial charge on any atom is -0.489 e. The van der Waals surface area contributed by atoms with Crippen LogP contribution in [0.2, 0.25) is 5.02 Å². The van der Waals surface area contributed by atoms with Gasteiger partial charge in [-0.05, 0) is 44.9 Å². The van der Waals surface area contributed by atoms with E-state index in [9.17, 15) is 9.90 Å². The Bertz CT molecular complexity index is 933. The highest BCUT2D eigenvalue weighted by atomic mass is 35.5. The zero-order valence-electron chi connectivity index (χ0n) is 19.7. The predicted molar refractivity (Wildman–Crippen MR) is 128 cm³/mol.